The second-order valence-corrected chi connectivity index (χ2v) is 9.11. The standard InChI is InChI=1S/C19H20BrFN2O4S/c1-2-27-17-8-5-13(11-18(17)28(25,26)23-9-3-4-10-23)19(24)22-16-7-6-14(20)12-15(16)21/h5-8,11-12H,2-4,9-10H2,1H3,(H,22,24). The number of carbonyl (C=O) groups excluding carboxylic acids is 1. The van der Waals surface area contributed by atoms with Gasteiger partial charge in [-0.3, -0.25) is 4.79 Å². The monoisotopic (exact) mass is 470 g/mol. The van der Waals surface area contributed by atoms with Crippen LogP contribution in [0.4, 0.5) is 10.1 Å². The van der Waals surface area contributed by atoms with Crippen molar-refractivity contribution in [2.45, 2.75) is 24.7 Å². The highest BCUT2D eigenvalue weighted by Gasteiger charge is 2.31. The fourth-order valence-corrected chi connectivity index (χ4v) is 4.99. The molecule has 28 heavy (non-hydrogen) atoms. The number of halogens is 2. The summed E-state index contributed by atoms with van der Waals surface area (Å²) in [5, 5.41) is 2.47. The van der Waals surface area contributed by atoms with Gasteiger partial charge in [0.1, 0.15) is 16.5 Å². The molecule has 0 bridgehead atoms. The van der Waals surface area contributed by atoms with Crippen LogP contribution in [0.3, 0.4) is 0 Å². The third-order valence-corrected chi connectivity index (χ3v) is 6.78. The first-order valence-corrected chi connectivity index (χ1v) is 11.1. The highest BCUT2D eigenvalue weighted by atomic mass is 79.9. The molecular formula is C19H20BrFN2O4S. The van der Waals surface area contributed by atoms with E-state index in [1.807, 2.05) is 0 Å². The maximum atomic E-state index is 14.0. The highest BCUT2D eigenvalue weighted by Crippen LogP contribution is 2.30. The number of hydrogen-bond acceptors (Lipinski definition) is 4. The molecule has 0 unspecified atom stereocenters. The topological polar surface area (TPSA) is 75.7 Å². The van der Waals surface area contributed by atoms with E-state index >= 15 is 0 Å². The van der Waals surface area contributed by atoms with Crippen LogP contribution in [0.25, 0.3) is 0 Å². The van der Waals surface area contributed by atoms with E-state index in [-0.39, 0.29) is 28.5 Å². The summed E-state index contributed by atoms with van der Waals surface area (Å²) in [6.07, 6.45) is 1.60. The van der Waals surface area contributed by atoms with Gasteiger partial charge in [-0.05, 0) is 56.2 Å². The van der Waals surface area contributed by atoms with Crippen molar-refractivity contribution in [2.75, 3.05) is 25.0 Å². The molecule has 6 nitrogen and oxygen atoms in total. The number of nitrogens with one attached hydrogen (secondary N) is 1. The number of benzene rings is 2. The lowest BCUT2D eigenvalue weighted by Gasteiger charge is -2.19. The predicted octanol–water partition coefficient (Wildman–Crippen LogP) is 4.02. The summed E-state index contributed by atoms with van der Waals surface area (Å²) in [4.78, 5) is 12.5. The molecule has 1 fully saturated rings. The second-order valence-electron chi connectivity index (χ2n) is 6.28. The first-order chi connectivity index (χ1) is 13.3. The zero-order valence-corrected chi connectivity index (χ0v) is 17.6. The van der Waals surface area contributed by atoms with Crippen molar-refractivity contribution in [1.82, 2.24) is 4.31 Å². The lowest BCUT2D eigenvalue weighted by atomic mass is 10.2. The number of nitrogens with zero attached hydrogens (tertiary/aromatic N) is 1. The van der Waals surface area contributed by atoms with Gasteiger partial charge in [0.25, 0.3) is 5.91 Å². The van der Waals surface area contributed by atoms with Gasteiger partial charge in [-0.25, -0.2) is 12.8 Å². The van der Waals surface area contributed by atoms with Crippen LogP contribution >= 0.6 is 15.9 Å². The molecule has 150 valence electrons. The summed E-state index contributed by atoms with van der Waals surface area (Å²) in [5.74, 6) is -1.01. The summed E-state index contributed by atoms with van der Waals surface area (Å²) in [6, 6.07) is 8.45. The van der Waals surface area contributed by atoms with E-state index in [0.29, 0.717) is 17.6 Å². The third-order valence-electron chi connectivity index (χ3n) is 4.37. The van der Waals surface area contributed by atoms with Gasteiger partial charge in [0.05, 0.1) is 12.3 Å². The van der Waals surface area contributed by atoms with Gasteiger partial charge >= 0.3 is 0 Å². The van der Waals surface area contributed by atoms with Crippen molar-refractivity contribution >= 4 is 37.5 Å². The van der Waals surface area contributed by atoms with E-state index in [1.54, 1.807) is 13.0 Å². The number of anilines is 1. The van der Waals surface area contributed by atoms with Gasteiger partial charge in [-0.15, -0.1) is 0 Å². The van der Waals surface area contributed by atoms with Crippen molar-refractivity contribution in [1.29, 1.82) is 0 Å². The molecule has 3 rings (SSSR count). The van der Waals surface area contributed by atoms with Crippen molar-refractivity contribution in [3.8, 4) is 5.75 Å². The van der Waals surface area contributed by atoms with Gasteiger partial charge in [0, 0.05) is 23.1 Å². The first-order valence-electron chi connectivity index (χ1n) is 8.86. The van der Waals surface area contributed by atoms with Gasteiger partial charge in [-0.1, -0.05) is 15.9 Å². The Balaban J connectivity index is 1.95. The lowest BCUT2D eigenvalue weighted by Crippen LogP contribution is -2.28. The van der Waals surface area contributed by atoms with Crippen molar-refractivity contribution in [2.24, 2.45) is 0 Å². The maximum absolute atomic E-state index is 14.0. The maximum Gasteiger partial charge on any atom is 0.255 e. The smallest absolute Gasteiger partial charge is 0.255 e. The number of sulfonamides is 1. The zero-order valence-electron chi connectivity index (χ0n) is 15.2. The molecular weight excluding hydrogens is 451 g/mol. The minimum atomic E-state index is -3.79. The molecule has 1 amide bonds. The van der Waals surface area contributed by atoms with Crippen LogP contribution in [0.5, 0.6) is 5.75 Å². The third kappa shape index (κ3) is 4.37. The zero-order chi connectivity index (χ0) is 20.3. The average molecular weight is 471 g/mol. The van der Waals surface area contributed by atoms with Gasteiger partial charge in [0.15, 0.2) is 0 Å². The number of ether oxygens (including phenoxy) is 1. The Morgan fingerprint density at radius 3 is 2.57 bits per heavy atom. The number of rotatable bonds is 6. The number of amides is 1. The van der Waals surface area contributed by atoms with Crippen molar-refractivity contribution in [3.05, 3.63) is 52.3 Å². The minimum absolute atomic E-state index is 0.00559. The Bertz CT molecular complexity index is 991. The molecule has 0 aromatic heterocycles. The average Bonchev–Trinajstić information content (AvgIpc) is 3.20. The Morgan fingerprint density at radius 2 is 1.93 bits per heavy atom. The molecule has 1 heterocycles. The van der Waals surface area contributed by atoms with Crippen LogP contribution in [0.1, 0.15) is 30.1 Å². The van der Waals surface area contributed by atoms with Crippen LogP contribution < -0.4 is 10.1 Å². The Morgan fingerprint density at radius 1 is 1.21 bits per heavy atom. The van der Waals surface area contributed by atoms with E-state index in [4.69, 9.17) is 4.74 Å². The molecule has 2 aromatic carbocycles. The second kappa shape index (κ2) is 8.59. The summed E-state index contributed by atoms with van der Waals surface area (Å²) in [5.41, 5.74) is 0.106. The molecule has 1 aliphatic rings. The molecule has 0 aliphatic carbocycles. The Labute approximate surface area is 171 Å². The predicted molar refractivity (Wildman–Crippen MR) is 108 cm³/mol. The summed E-state index contributed by atoms with van der Waals surface area (Å²) in [7, 11) is -3.79. The minimum Gasteiger partial charge on any atom is -0.492 e. The number of carbonyl (C=O) groups is 1. The van der Waals surface area contributed by atoms with Crippen LogP contribution in [0.2, 0.25) is 0 Å². The molecule has 0 saturated carbocycles. The largest absolute Gasteiger partial charge is 0.492 e. The molecule has 0 spiro atoms. The van der Waals surface area contributed by atoms with E-state index < -0.39 is 21.7 Å². The van der Waals surface area contributed by atoms with Crippen LogP contribution in [0.15, 0.2) is 45.8 Å². The van der Waals surface area contributed by atoms with Crippen molar-refractivity contribution in [3.63, 3.8) is 0 Å². The fourth-order valence-electron chi connectivity index (χ4n) is 2.98. The van der Waals surface area contributed by atoms with Gasteiger partial charge < -0.3 is 10.1 Å². The van der Waals surface area contributed by atoms with E-state index in [1.165, 1.54) is 34.6 Å². The summed E-state index contributed by atoms with van der Waals surface area (Å²) >= 11 is 3.16. The Kier molecular flexibility index (Phi) is 6.36. The van der Waals surface area contributed by atoms with Gasteiger partial charge in [0.2, 0.25) is 10.0 Å². The van der Waals surface area contributed by atoms with Crippen LogP contribution in [0, 0.1) is 5.82 Å². The normalized spacial score (nSPS) is 14.8. The molecule has 9 heteroatoms. The van der Waals surface area contributed by atoms with Gasteiger partial charge in [-0.2, -0.15) is 4.31 Å². The SMILES string of the molecule is CCOc1ccc(C(=O)Nc2ccc(Br)cc2F)cc1S(=O)(=O)N1CCCC1. The van der Waals surface area contributed by atoms with E-state index in [2.05, 4.69) is 21.2 Å². The van der Waals surface area contributed by atoms with Crippen molar-refractivity contribution < 1.29 is 22.3 Å². The number of hydrogen-bond donors (Lipinski definition) is 1. The molecule has 1 N–H and O–H groups in total. The first kappa shape index (κ1) is 20.8. The highest BCUT2D eigenvalue weighted by molar-refractivity contribution is 9.10. The summed E-state index contributed by atoms with van der Waals surface area (Å²) < 4.78 is 47.4. The summed E-state index contributed by atoms with van der Waals surface area (Å²) in [6.45, 7) is 2.92. The molecule has 1 aliphatic heterocycles. The van der Waals surface area contributed by atoms with Crippen LogP contribution in [-0.2, 0) is 10.0 Å². The van der Waals surface area contributed by atoms with Crippen LogP contribution in [-0.4, -0.2) is 38.3 Å². The molecule has 2 aromatic rings. The Hall–Kier alpha value is -1.97. The van der Waals surface area contributed by atoms with E-state index in [0.717, 1.165) is 12.8 Å². The molecule has 1 saturated heterocycles. The lowest BCUT2D eigenvalue weighted by molar-refractivity contribution is 0.102. The molecule has 0 atom stereocenters. The fraction of sp³-hybridized carbons (Fsp3) is 0.316. The quantitative estimate of drug-likeness (QED) is 0.691. The molecule has 0 radical (unpaired) electrons. The van der Waals surface area contributed by atoms with E-state index in [9.17, 15) is 17.6 Å².